The van der Waals surface area contributed by atoms with E-state index in [0.717, 1.165) is 46.3 Å². The first-order chi connectivity index (χ1) is 11.7. The first-order valence-electron chi connectivity index (χ1n) is 7.79. The lowest BCUT2D eigenvalue weighted by Gasteiger charge is -2.34. The molecule has 0 aromatic carbocycles. The van der Waals surface area contributed by atoms with Crippen molar-refractivity contribution in [2.75, 3.05) is 19.8 Å². The van der Waals surface area contributed by atoms with Gasteiger partial charge in [0.2, 0.25) is 0 Å². The molecule has 0 radical (unpaired) electrons. The Hall–Kier alpha value is -1.67. The fourth-order valence-corrected chi connectivity index (χ4v) is 3.91. The van der Waals surface area contributed by atoms with Crippen LogP contribution in [0.15, 0.2) is 30.7 Å². The third-order valence-electron chi connectivity index (χ3n) is 4.25. The average Bonchev–Trinajstić information content (AvgIpc) is 3.30. The number of rotatable bonds is 4. The lowest BCUT2D eigenvalue weighted by Crippen LogP contribution is -2.40. The van der Waals surface area contributed by atoms with Crippen molar-refractivity contribution >= 4 is 22.9 Å². The van der Waals surface area contributed by atoms with Gasteiger partial charge in [-0.3, -0.25) is 4.90 Å². The van der Waals surface area contributed by atoms with E-state index in [-0.39, 0.29) is 6.04 Å². The highest BCUT2D eigenvalue weighted by molar-refractivity contribution is 7.19. The fourth-order valence-electron chi connectivity index (χ4n) is 2.90. The molecular weight excluding hydrogens is 346 g/mol. The maximum Gasteiger partial charge on any atom is 0.126 e. The number of hydrogen-bond donors (Lipinski definition) is 1. The van der Waals surface area contributed by atoms with Gasteiger partial charge in [-0.05, 0) is 12.1 Å². The normalized spacial score (nSPS) is 19.0. The number of aryl methyl sites for hydroxylation is 1. The van der Waals surface area contributed by atoms with Crippen LogP contribution < -0.4 is 0 Å². The molecule has 4 rings (SSSR count). The Labute approximate surface area is 149 Å². The van der Waals surface area contributed by atoms with Crippen molar-refractivity contribution in [3.05, 3.63) is 46.7 Å². The molecule has 1 aliphatic heterocycles. The third-order valence-corrected chi connectivity index (χ3v) is 5.52. The van der Waals surface area contributed by atoms with Gasteiger partial charge < -0.3 is 14.3 Å². The molecule has 8 heteroatoms. The Bertz CT molecular complexity index is 826. The smallest absolute Gasteiger partial charge is 0.126 e. The molecule has 3 aromatic rings. The predicted octanol–water partition coefficient (Wildman–Crippen LogP) is 3.10. The van der Waals surface area contributed by atoms with Gasteiger partial charge >= 0.3 is 0 Å². The maximum atomic E-state index is 6.03. The second-order valence-electron chi connectivity index (χ2n) is 5.80. The first kappa shape index (κ1) is 15.8. The number of hydrogen-bond acceptors (Lipinski definition) is 5. The summed E-state index contributed by atoms with van der Waals surface area (Å²) in [4.78, 5) is 15.9. The van der Waals surface area contributed by atoms with Crippen molar-refractivity contribution in [1.29, 1.82) is 0 Å². The van der Waals surface area contributed by atoms with E-state index in [4.69, 9.17) is 16.3 Å². The van der Waals surface area contributed by atoms with Crippen molar-refractivity contribution in [2.45, 2.75) is 12.6 Å². The summed E-state index contributed by atoms with van der Waals surface area (Å²) in [6.07, 6.45) is 5.66. The number of halogens is 1. The molecule has 0 amide bonds. The summed E-state index contributed by atoms with van der Waals surface area (Å²) >= 11 is 7.57. The van der Waals surface area contributed by atoms with Crippen molar-refractivity contribution in [3.63, 3.8) is 0 Å². The van der Waals surface area contributed by atoms with Crippen LogP contribution >= 0.6 is 22.9 Å². The van der Waals surface area contributed by atoms with Crippen LogP contribution in [-0.4, -0.2) is 44.2 Å². The lowest BCUT2D eigenvalue weighted by atomic mass is 10.2. The molecule has 1 fully saturated rings. The van der Waals surface area contributed by atoms with E-state index in [0.29, 0.717) is 6.61 Å². The summed E-state index contributed by atoms with van der Waals surface area (Å²) < 4.78 is 8.51. The molecule has 0 bridgehead atoms. The Balaban J connectivity index is 1.56. The lowest BCUT2D eigenvalue weighted by molar-refractivity contribution is -0.0170. The summed E-state index contributed by atoms with van der Waals surface area (Å²) in [5.74, 6) is 1.96. The average molecular weight is 364 g/mol. The number of imidazole rings is 2. The molecule has 4 heterocycles. The van der Waals surface area contributed by atoms with Crippen molar-refractivity contribution in [2.24, 2.45) is 7.05 Å². The number of nitrogens with one attached hydrogen (secondary N) is 1. The molecule has 1 aliphatic rings. The highest BCUT2D eigenvalue weighted by Gasteiger charge is 2.28. The minimum absolute atomic E-state index is 0.0969. The largest absolute Gasteiger partial charge is 0.378 e. The Kier molecular flexibility index (Phi) is 4.41. The van der Waals surface area contributed by atoms with Gasteiger partial charge in [-0.15, -0.1) is 11.3 Å². The van der Waals surface area contributed by atoms with Crippen molar-refractivity contribution in [3.8, 4) is 10.6 Å². The molecule has 0 aliphatic carbocycles. The van der Waals surface area contributed by atoms with Crippen molar-refractivity contribution < 1.29 is 4.74 Å². The van der Waals surface area contributed by atoms with Gasteiger partial charge in [-0.1, -0.05) is 11.6 Å². The number of H-pyrrole nitrogens is 1. The van der Waals surface area contributed by atoms with Gasteiger partial charge in [0, 0.05) is 26.0 Å². The zero-order chi connectivity index (χ0) is 16.5. The van der Waals surface area contributed by atoms with E-state index < -0.39 is 0 Å². The quantitative estimate of drug-likeness (QED) is 0.773. The summed E-state index contributed by atoms with van der Waals surface area (Å²) in [6.45, 7) is 2.99. The molecule has 1 saturated heterocycles. The Morgan fingerprint density at radius 1 is 1.42 bits per heavy atom. The molecule has 126 valence electrons. The van der Waals surface area contributed by atoms with Crippen LogP contribution in [0.25, 0.3) is 10.6 Å². The highest BCUT2D eigenvalue weighted by Crippen LogP contribution is 2.31. The number of thiophene rings is 1. The van der Waals surface area contributed by atoms with E-state index in [1.54, 1.807) is 11.3 Å². The van der Waals surface area contributed by atoms with Gasteiger partial charge in [0.15, 0.2) is 0 Å². The van der Waals surface area contributed by atoms with E-state index in [1.807, 2.05) is 42.3 Å². The van der Waals surface area contributed by atoms with E-state index >= 15 is 0 Å². The van der Waals surface area contributed by atoms with Gasteiger partial charge in [-0.25, -0.2) is 9.97 Å². The van der Waals surface area contributed by atoms with Crippen LogP contribution in [0.4, 0.5) is 0 Å². The number of morpholine rings is 1. The second-order valence-corrected chi connectivity index (χ2v) is 7.52. The summed E-state index contributed by atoms with van der Waals surface area (Å²) in [5.41, 5.74) is 0.990. The zero-order valence-electron chi connectivity index (χ0n) is 13.3. The maximum absolute atomic E-state index is 6.03. The molecule has 0 spiro atoms. The zero-order valence-corrected chi connectivity index (χ0v) is 14.8. The molecule has 1 N–H and O–H groups in total. The van der Waals surface area contributed by atoms with Gasteiger partial charge in [0.05, 0.1) is 46.9 Å². The minimum Gasteiger partial charge on any atom is -0.378 e. The van der Waals surface area contributed by atoms with Crippen LogP contribution in [0.2, 0.25) is 4.34 Å². The van der Waals surface area contributed by atoms with Crippen LogP contribution in [0.3, 0.4) is 0 Å². The first-order valence-corrected chi connectivity index (χ1v) is 8.99. The Morgan fingerprint density at radius 3 is 3.08 bits per heavy atom. The van der Waals surface area contributed by atoms with Gasteiger partial charge in [0.1, 0.15) is 11.6 Å². The molecule has 24 heavy (non-hydrogen) atoms. The SMILES string of the molecule is Cn1ccnc1CN1CCOCC1c1ncc(-c2ccc(Cl)s2)[nH]1. The molecule has 1 atom stereocenters. The van der Waals surface area contributed by atoms with Crippen LogP contribution in [0, 0.1) is 0 Å². The number of ether oxygens (including phenoxy) is 1. The van der Waals surface area contributed by atoms with Crippen molar-refractivity contribution in [1.82, 2.24) is 24.4 Å². The molecule has 3 aromatic heterocycles. The minimum atomic E-state index is 0.0969. The van der Waals surface area contributed by atoms with E-state index in [1.165, 1.54) is 0 Å². The second kappa shape index (κ2) is 6.68. The predicted molar refractivity (Wildman–Crippen MR) is 94.1 cm³/mol. The topological polar surface area (TPSA) is 59.0 Å². The molecular formula is C16H18ClN5OS. The molecule has 0 saturated carbocycles. The highest BCUT2D eigenvalue weighted by atomic mass is 35.5. The fraction of sp³-hybridized carbons (Fsp3) is 0.375. The van der Waals surface area contributed by atoms with E-state index in [2.05, 4.69) is 19.9 Å². The molecule has 1 unspecified atom stereocenters. The third kappa shape index (κ3) is 3.12. The van der Waals surface area contributed by atoms with Gasteiger partial charge in [0.25, 0.3) is 0 Å². The molecule has 6 nitrogen and oxygen atoms in total. The Morgan fingerprint density at radius 2 is 2.33 bits per heavy atom. The number of aromatic nitrogens is 4. The van der Waals surface area contributed by atoms with Crippen LogP contribution in [0.5, 0.6) is 0 Å². The van der Waals surface area contributed by atoms with Crippen LogP contribution in [-0.2, 0) is 18.3 Å². The summed E-state index contributed by atoms with van der Waals surface area (Å²) in [7, 11) is 2.02. The van der Waals surface area contributed by atoms with E-state index in [9.17, 15) is 0 Å². The van der Waals surface area contributed by atoms with Gasteiger partial charge in [-0.2, -0.15) is 0 Å². The standard InChI is InChI=1S/C16H18ClN5OS/c1-21-5-4-18-15(21)9-22-6-7-23-10-12(22)16-19-8-11(20-16)13-2-3-14(17)24-13/h2-5,8,12H,6-7,9-10H2,1H3,(H,19,20). The number of aromatic amines is 1. The number of nitrogens with zero attached hydrogens (tertiary/aromatic N) is 4. The monoisotopic (exact) mass is 363 g/mol. The van der Waals surface area contributed by atoms with Crippen LogP contribution in [0.1, 0.15) is 17.7 Å². The summed E-state index contributed by atoms with van der Waals surface area (Å²) in [6, 6.07) is 4.01. The summed E-state index contributed by atoms with van der Waals surface area (Å²) in [5, 5.41) is 0.